The van der Waals surface area contributed by atoms with Gasteiger partial charge in [0.15, 0.2) is 0 Å². The predicted molar refractivity (Wildman–Crippen MR) is 101 cm³/mol. The normalized spacial score (nSPS) is 10.5. The molecule has 6 nitrogen and oxygen atoms in total. The van der Waals surface area contributed by atoms with E-state index < -0.39 is 0 Å². The van der Waals surface area contributed by atoms with Crippen LogP contribution < -0.4 is 10.6 Å². The molecule has 0 aliphatic heterocycles. The fraction of sp³-hybridized carbons (Fsp3) is 0.150. The summed E-state index contributed by atoms with van der Waals surface area (Å²) in [4.78, 5) is 23.4. The van der Waals surface area contributed by atoms with Crippen molar-refractivity contribution in [2.75, 3.05) is 6.54 Å². The van der Waals surface area contributed by atoms with Crippen LogP contribution in [0.4, 0.5) is 0 Å². The Kier molecular flexibility index (Phi) is 5.43. The average molecular weight is 348 g/mol. The van der Waals surface area contributed by atoms with Gasteiger partial charge in [-0.25, -0.2) is 0 Å². The van der Waals surface area contributed by atoms with Gasteiger partial charge in [-0.2, -0.15) is 5.10 Å². The molecule has 3 aromatic rings. The molecule has 3 N–H and O–H groups in total. The fourth-order valence-corrected chi connectivity index (χ4v) is 2.61. The third kappa shape index (κ3) is 4.36. The molecule has 3 rings (SSSR count). The molecule has 0 aliphatic rings. The highest BCUT2D eigenvalue weighted by Gasteiger charge is 2.06. The Hall–Kier alpha value is -3.41. The first-order valence-electron chi connectivity index (χ1n) is 8.35. The first kappa shape index (κ1) is 17.4. The number of hydrogen-bond acceptors (Lipinski definition) is 3. The van der Waals surface area contributed by atoms with Crippen LogP contribution in [0.15, 0.2) is 61.3 Å². The Bertz CT molecular complexity index is 928. The summed E-state index contributed by atoms with van der Waals surface area (Å²) in [5, 5.41) is 13.6. The second-order valence-corrected chi connectivity index (χ2v) is 5.92. The number of fused-ring (bicyclic) bond motifs is 1. The molecule has 2 aromatic carbocycles. The van der Waals surface area contributed by atoms with Crippen LogP contribution in [0, 0.1) is 0 Å². The third-order valence-electron chi connectivity index (χ3n) is 4.07. The molecule has 6 heteroatoms. The van der Waals surface area contributed by atoms with Crippen LogP contribution in [0.5, 0.6) is 0 Å². The van der Waals surface area contributed by atoms with E-state index >= 15 is 0 Å². The number of amides is 2. The van der Waals surface area contributed by atoms with Crippen molar-refractivity contribution in [1.29, 1.82) is 0 Å². The molecule has 2 amide bonds. The van der Waals surface area contributed by atoms with Gasteiger partial charge in [-0.1, -0.05) is 24.8 Å². The Morgan fingerprint density at radius 1 is 1.08 bits per heavy atom. The topological polar surface area (TPSA) is 86.9 Å². The van der Waals surface area contributed by atoms with Crippen molar-refractivity contribution in [3.63, 3.8) is 0 Å². The highest BCUT2D eigenvalue weighted by atomic mass is 16.2. The molecule has 0 bridgehead atoms. The van der Waals surface area contributed by atoms with Gasteiger partial charge in [0.1, 0.15) is 0 Å². The number of carbonyl (C=O) groups excluding carboxylic acids is 2. The maximum absolute atomic E-state index is 12.2. The maximum Gasteiger partial charge on any atom is 0.251 e. The van der Waals surface area contributed by atoms with E-state index in [0.29, 0.717) is 18.7 Å². The number of nitrogens with one attached hydrogen (secondary N) is 3. The highest BCUT2D eigenvalue weighted by molar-refractivity contribution is 5.94. The van der Waals surface area contributed by atoms with Crippen molar-refractivity contribution in [2.24, 2.45) is 0 Å². The molecule has 0 aliphatic carbocycles. The Balaban J connectivity index is 1.49. The molecular formula is C20H20N4O2. The van der Waals surface area contributed by atoms with Crippen LogP contribution in [0.3, 0.4) is 0 Å². The molecule has 26 heavy (non-hydrogen) atoms. The molecule has 0 unspecified atom stereocenters. The maximum atomic E-state index is 12.2. The number of hydrogen-bond donors (Lipinski definition) is 3. The van der Waals surface area contributed by atoms with Gasteiger partial charge in [0.2, 0.25) is 5.91 Å². The lowest BCUT2D eigenvalue weighted by Gasteiger charge is -2.07. The van der Waals surface area contributed by atoms with Gasteiger partial charge in [-0.15, -0.1) is 0 Å². The van der Waals surface area contributed by atoms with E-state index in [9.17, 15) is 9.59 Å². The summed E-state index contributed by atoms with van der Waals surface area (Å²) in [7, 11) is 0. The van der Waals surface area contributed by atoms with Gasteiger partial charge in [0, 0.05) is 24.0 Å². The van der Waals surface area contributed by atoms with Crippen molar-refractivity contribution >= 4 is 22.7 Å². The molecule has 0 fully saturated rings. The zero-order valence-electron chi connectivity index (χ0n) is 14.3. The third-order valence-corrected chi connectivity index (χ3v) is 4.07. The Labute approximate surface area is 151 Å². The second kappa shape index (κ2) is 8.11. The Morgan fingerprint density at radius 3 is 2.62 bits per heavy atom. The molecule has 0 atom stereocenters. The monoisotopic (exact) mass is 348 g/mol. The standard InChI is InChI=1S/C20H20N4O2/c1-2-19(25)22-12-15-3-6-16(7-4-15)20(26)21-10-9-14-5-8-18-17(11-14)13-23-24-18/h2-8,11,13H,1,9-10,12H2,(H,21,26)(H,22,25)(H,23,24). The lowest BCUT2D eigenvalue weighted by atomic mass is 10.1. The number of nitrogens with zero attached hydrogens (tertiary/aromatic N) is 1. The number of rotatable bonds is 7. The lowest BCUT2D eigenvalue weighted by molar-refractivity contribution is -0.116. The minimum absolute atomic E-state index is 0.115. The summed E-state index contributed by atoms with van der Waals surface area (Å²) in [6, 6.07) is 13.2. The number of aromatic amines is 1. The highest BCUT2D eigenvalue weighted by Crippen LogP contribution is 2.13. The van der Waals surface area contributed by atoms with Crippen molar-refractivity contribution in [3.8, 4) is 0 Å². The molecule has 1 aromatic heterocycles. The van der Waals surface area contributed by atoms with Crippen LogP contribution in [-0.4, -0.2) is 28.6 Å². The van der Waals surface area contributed by atoms with Gasteiger partial charge in [0.05, 0.1) is 11.7 Å². The SMILES string of the molecule is C=CC(=O)NCc1ccc(C(=O)NCCc2ccc3[nH]ncc3c2)cc1. The fourth-order valence-electron chi connectivity index (χ4n) is 2.61. The van der Waals surface area contributed by atoms with E-state index in [4.69, 9.17) is 0 Å². The first-order chi connectivity index (χ1) is 12.7. The molecule has 0 saturated carbocycles. The van der Waals surface area contributed by atoms with Gasteiger partial charge in [-0.3, -0.25) is 14.7 Å². The summed E-state index contributed by atoms with van der Waals surface area (Å²) in [5.41, 5.74) is 3.66. The van der Waals surface area contributed by atoms with Gasteiger partial charge < -0.3 is 10.6 Å². The van der Waals surface area contributed by atoms with Crippen LogP contribution >= 0.6 is 0 Å². The van der Waals surface area contributed by atoms with Gasteiger partial charge in [0.25, 0.3) is 5.91 Å². The van der Waals surface area contributed by atoms with Crippen molar-refractivity contribution in [3.05, 3.63) is 78.0 Å². The molecular weight excluding hydrogens is 328 g/mol. The average Bonchev–Trinajstić information content (AvgIpc) is 3.14. The number of benzene rings is 2. The molecule has 132 valence electrons. The molecule has 0 radical (unpaired) electrons. The number of aromatic nitrogens is 2. The molecule has 0 spiro atoms. The summed E-state index contributed by atoms with van der Waals surface area (Å²) in [5.74, 6) is -0.337. The van der Waals surface area contributed by atoms with Gasteiger partial charge in [-0.05, 0) is 47.9 Å². The van der Waals surface area contributed by atoms with Crippen LogP contribution in [-0.2, 0) is 17.8 Å². The van der Waals surface area contributed by atoms with Crippen LogP contribution in [0.2, 0.25) is 0 Å². The molecule has 1 heterocycles. The number of carbonyl (C=O) groups is 2. The first-order valence-corrected chi connectivity index (χ1v) is 8.35. The van der Waals surface area contributed by atoms with Crippen LogP contribution in [0.25, 0.3) is 10.9 Å². The summed E-state index contributed by atoms with van der Waals surface area (Å²) < 4.78 is 0. The van der Waals surface area contributed by atoms with E-state index in [0.717, 1.165) is 28.5 Å². The lowest BCUT2D eigenvalue weighted by Crippen LogP contribution is -2.25. The second-order valence-electron chi connectivity index (χ2n) is 5.92. The van der Waals surface area contributed by atoms with Crippen LogP contribution in [0.1, 0.15) is 21.5 Å². The number of H-pyrrole nitrogens is 1. The summed E-state index contributed by atoms with van der Waals surface area (Å²) >= 11 is 0. The summed E-state index contributed by atoms with van der Waals surface area (Å²) in [6.07, 6.45) is 3.76. The van der Waals surface area contributed by atoms with E-state index in [1.807, 2.05) is 24.3 Å². The van der Waals surface area contributed by atoms with E-state index in [2.05, 4.69) is 33.5 Å². The quantitative estimate of drug-likeness (QED) is 0.573. The minimum Gasteiger partial charge on any atom is -0.352 e. The zero-order valence-corrected chi connectivity index (χ0v) is 14.3. The van der Waals surface area contributed by atoms with Crippen molar-refractivity contribution in [2.45, 2.75) is 13.0 Å². The zero-order chi connectivity index (χ0) is 18.4. The van der Waals surface area contributed by atoms with Gasteiger partial charge >= 0.3 is 0 Å². The summed E-state index contributed by atoms with van der Waals surface area (Å²) in [6.45, 7) is 4.36. The van der Waals surface area contributed by atoms with E-state index in [1.54, 1.807) is 18.3 Å². The smallest absolute Gasteiger partial charge is 0.251 e. The predicted octanol–water partition coefficient (Wildman–Crippen LogP) is 2.34. The largest absolute Gasteiger partial charge is 0.352 e. The van der Waals surface area contributed by atoms with Crippen molar-refractivity contribution < 1.29 is 9.59 Å². The minimum atomic E-state index is -0.222. The van der Waals surface area contributed by atoms with Crippen molar-refractivity contribution in [1.82, 2.24) is 20.8 Å². The van der Waals surface area contributed by atoms with E-state index in [-0.39, 0.29) is 11.8 Å². The Morgan fingerprint density at radius 2 is 1.85 bits per heavy atom. The molecule has 0 saturated heterocycles. The van der Waals surface area contributed by atoms with E-state index in [1.165, 1.54) is 6.08 Å².